The molecule has 1 N–H and O–H groups in total. The molecule has 0 aliphatic rings. The van der Waals surface area contributed by atoms with Crippen molar-refractivity contribution >= 4 is 7.82 Å². The number of hydrogen-bond acceptors (Lipinski definition) is 17. The molecular weight excluding hydrogens is 992 g/mol. The first-order chi connectivity index (χ1) is 37.0. The van der Waals surface area contributed by atoms with E-state index < -0.39 is 7.82 Å². The van der Waals surface area contributed by atoms with Crippen molar-refractivity contribution < 1.29 is 84.8 Å². The molecule has 75 heavy (non-hydrogen) atoms. The van der Waals surface area contributed by atoms with E-state index in [4.69, 9.17) is 75.4 Å². The summed E-state index contributed by atoms with van der Waals surface area (Å²) < 4.78 is 99.5. The van der Waals surface area contributed by atoms with E-state index in [0.29, 0.717) is 159 Å². The summed E-state index contributed by atoms with van der Waals surface area (Å²) in [6.45, 7) is 15.2. The fourth-order valence-corrected chi connectivity index (χ4v) is 7.71. The van der Waals surface area contributed by atoms with Crippen LogP contribution in [0.5, 0.6) is 11.5 Å². The molecule has 0 atom stereocenters. The Morgan fingerprint density at radius 1 is 0.293 bits per heavy atom. The first-order valence-electron chi connectivity index (χ1n) is 28.0. The van der Waals surface area contributed by atoms with Crippen LogP contribution in [0.3, 0.4) is 0 Å². The molecular formula is C56H99O18P. The van der Waals surface area contributed by atoms with Gasteiger partial charge in [-0.05, 0) is 61.1 Å². The molecule has 0 aliphatic heterocycles. The third-order valence-electron chi connectivity index (χ3n) is 11.2. The molecule has 0 spiro atoms. The SMILES string of the molecule is CCCCCCCCc1ccc(OCCOCCOCCOCCOCCOCCOCCOP(=O)(O)OCCOCCOCCOCCOCCOCCOCCOc2ccc(CCCCCCCC)cc2)cc1. The number of phosphoric ester groups is 1. The van der Waals surface area contributed by atoms with E-state index in [1.54, 1.807) is 0 Å². The van der Waals surface area contributed by atoms with Crippen molar-refractivity contribution in [3.63, 3.8) is 0 Å². The molecule has 0 aliphatic carbocycles. The molecule has 2 aromatic carbocycles. The average molecular weight is 1090 g/mol. The van der Waals surface area contributed by atoms with E-state index >= 15 is 0 Å². The van der Waals surface area contributed by atoms with E-state index in [9.17, 15) is 9.46 Å². The van der Waals surface area contributed by atoms with Crippen LogP contribution in [0.15, 0.2) is 48.5 Å². The smallest absolute Gasteiger partial charge is 0.472 e. The molecule has 0 saturated heterocycles. The van der Waals surface area contributed by atoms with Crippen LogP contribution in [0, 0.1) is 0 Å². The number of aryl methyl sites for hydroxylation is 2. The van der Waals surface area contributed by atoms with Gasteiger partial charge in [-0.3, -0.25) is 9.05 Å². The van der Waals surface area contributed by atoms with E-state index in [2.05, 4.69) is 38.1 Å². The molecule has 0 aromatic heterocycles. The topological polar surface area (TPSA) is 185 Å². The van der Waals surface area contributed by atoms with Crippen molar-refractivity contribution in [3.05, 3.63) is 59.7 Å². The zero-order chi connectivity index (χ0) is 53.5. The predicted molar refractivity (Wildman–Crippen MR) is 290 cm³/mol. The van der Waals surface area contributed by atoms with Gasteiger partial charge in [0, 0.05) is 0 Å². The highest BCUT2D eigenvalue weighted by Gasteiger charge is 2.20. The molecule has 0 saturated carbocycles. The van der Waals surface area contributed by atoms with Crippen LogP contribution in [-0.2, 0) is 83.3 Å². The average Bonchev–Trinajstić information content (AvgIpc) is 3.42. The van der Waals surface area contributed by atoms with Crippen LogP contribution in [0.1, 0.15) is 102 Å². The molecule has 2 aromatic rings. The second kappa shape index (κ2) is 53.7. The number of phosphoric acid groups is 1. The molecule has 0 unspecified atom stereocenters. The fraction of sp³-hybridized carbons (Fsp3) is 0.786. The predicted octanol–water partition coefficient (Wildman–Crippen LogP) is 9.28. The number of unbranched alkanes of at least 4 members (excludes halogenated alkanes) is 10. The zero-order valence-corrected chi connectivity index (χ0v) is 47.0. The molecule has 0 radical (unpaired) electrons. The largest absolute Gasteiger partial charge is 0.491 e. The van der Waals surface area contributed by atoms with Gasteiger partial charge >= 0.3 is 7.82 Å². The van der Waals surface area contributed by atoms with Gasteiger partial charge < -0.3 is 71.2 Å². The van der Waals surface area contributed by atoms with Crippen LogP contribution in [0.25, 0.3) is 0 Å². The lowest BCUT2D eigenvalue weighted by Crippen LogP contribution is -2.15. The minimum atomic E-state index is -4.22. The van der Waals surface area contributed by atoms with Gasteiger partial charge in [-0.15, -0.1) is 0 Å². The lowest BCUT2D eigenvalue weighted by atomic mass is 10.0. The van der Waals surface area contributed by atoms with Gasteiger partial charge in [0.05, 0.1) is 172 Å². The normalized spacial score (nSPS) is 11.8. The molecule has 0 bridgehead atoms. The molecule has 436 valence electrons. The second-order valence-corrected chi connectivity index (χ2v) is 19.0. The Balaban J connectivity index is 1.19. The maximum Gasteiger partial charge on any atom is 0.472 e. The van der Waals surface area contributed by atoms with Gasteiger partial charge in [0.1, 0.15) is 24.7 Å². The van der Waals surface area contributed by atoms with E-state index in [1.165, 1.54) is 88.2 Å². The third kappa shape index (κ3) is 47.4. The summed E-state index contributed by atoms with van der Waals surface area (Å²) in [5.41, 5.74) is 2.73. The highest BCUT2D eigenvalue weighted by molar-refractivity contribution is 7.47. The minimum absolute atomic E-state index is 0.106. The Morgan fingerprint density at radius 3 is 0.760 bits per heavy atom. The summed E-state index contributed by atoms with van der Waals surface area (Å²) in [7, 11) is -4.22. The van der Waals surface area contributed by atoms with Crippen LogP contribution in [0.4, 0.5) is 0 Å². The van der Waals surface area contributed by atoms with Crippen LogP contribution in [0.2, 0.25) is 0 Å². The fourth-order valence-electron chi connectivity index (χ4n) is 7.02. The Labute approximate surface area is 451 Å². The number of hydrogen-bond donors (Lipinski definition) is 1. The Hall–Kier alpha value is -2.33. The van der Waals surface area contributed by atoms with Crippen molar-refractivity contribution in [2.24, 2.45) is 0 Å². The van der Waals surface area contributed by atoms with Gasteiger partial charge in [-0.25, -0.2) is 4.57 Å². The molecule has 2 rings (SSSR count). The summed E-state index contributed by atoms with van der Waals surface area (Å²) >= 11 is 0. The first-order valence-corrected chi connectivity index (χ1v) is 29.5. The van der Waals surface area contributed by atoms with E-state index in [1.807, 2.05) is 24.3 Å². The maximum absolute atomic E-state index is 12.0. The van der Waals surface area contributed by atoms with Gasteiger partial charge in [-0.1, -0.05) is 102 Å². The zero-order valence-electron chi connectivity index (χ0n) is 46.2. The maximum atomic E-state index is 12.0. The summed E-state index contributed by atoms with van der Waals surface area (Å²) in [4.78, 5) is 9.83. The standard InChI is InChI=1S/C56H99O18P/c1-3-5-7-9-11-13-15-53-17-21-55(22-18-53)71-49-45-67-41-37-63-33-29-59-25-27-61-31-35-65-39-43-69-47-51-73-75(57,58)74-52-48-70-44-40-66-36-32-62-28-26-60-30-34-64-38-42-68-46-50-72-56-23-19-54(20-24-56)16-14-12-10-8-6-4-2/h17-24H,3-16,25-52H2,1-2H3,(H,57,58). The van der Waals surface area contributed by atoms with Crippen molar-refractivity contribution in [3.8, 4) is 11.5 Å². The summed E-state index contributed by atoms with van der Waals surface area (Å²) in [6.07, 6.45) is 18.0. The molecule has 0 amide bonds. The monoisotopic (exact) mass is 1090 g/mol. The quantitative estimate of drug-likeness (QED) is 0.0488. The second-order valence-electron chi connectivity index (χ2n) is 17.5. The first kappa shape index (κ1) is 68.8. The number of ether oxygens (including phenoxy) is 14. The van der Waals surface area contributed by atoms with Gasteiger partial charge in [-0.2, -0.15) is 0 Å². The van der Waals surface area contributed by atoms with Crippen LogP contribution >= 0.6 is 7.82 Å². The van der Waals surface area contributed by atoms with E-state index in [0.717, 1.165) is 24.3 Å². The van der Waals surface area contributed by atoms with E-state index in [-0.39, 0.29) is 26.4 Å². The van der Waals surface area contributed by atoms with Gasteiger partial charge in [0.2, 0.25) is 0 Å². The van der Waals surface area contributed by atoms with Crippen molar-refractivity contribution in [1.82, 2.24) is 0 Å². The minimum Gasteiger partial charge on any atom is -0.491 e. The molecule has 0 heterocycles. The molecule has 0 fully saturated rings. The van der Waals surface area contributed by atoms with Crippen molar-refractivity contribution in [1.29, 1.82) is 0 Å². The third-order valence-corrected chi connectivity index (χ3v) is 12.2. The lowest BCUT2D eigenvalue weighted by Gasteiger charge is -2.12. The number of rotatable bonds is 60. The molecule has 19 heteroatoms. The van der Waals surface area contributed by atoms with Crippen molar-refractivity contribution in [2.45, 2.75) is 104 Å². The van der Waals surface area contributed by atoms with Crippen LogP contribution < -0.4 is 9.47 Å². The Morgan fingerprint density at radius 2 is 0.507 bits per heavy atom. The van der Waals surface area contributed by atoms with Gasteiger partial charge in [0.15, 0.2) is 0 Å². The number of benzene rings is 2. The Kier molecular flexibility index (Phi) is 49.2. The highest BCUT2D eigenvalue weighted by atomic mass is 31.2. The summed E-state index contributed by atoms with van der Waals surface area (Å²) in [5.74, 6) is 1.73. The highest BCUT2D eigenvalue weighted by Crippen LogP contribution is 2.42. The molecule has 18 nitrogen and oxygen atoms in total. The van der Waals surface area contributed by atoms with Crippen molar-refractivity contribution in [2.75, 3.05) is 185 Å². The summed E-state index contributed by atoms with van der Waals surface area (Å²) in [6, 6.07) is 16.8. The van der Waals surface area contributed by atoms with Gasteiger partial charge in [0.25, 0.3) is 0 Å². The summed E-state index contributed by atoms with van der Waals surface area (Å²) in [5, 5.41) is 0. The lowest BCUT2D eigenvalue weighted by molar-refractivity contribution is -0.0204. The Bertz CT molecular complexity index is 1400. The van der Waals surface area contributed by atoms with Crippen LogP contribution in [-0.4, -0.2) is 190 Å².